The van der Waals surface area contributed by atoms with Crippen LogP contribution in [0.3, 0.4) is 0 Å². The van der Waals surface area contributed by atoms with Crippen molar-refractivity contribution in [2.45, 2.75) is 19.1 Å². The predicted octanol–water partition coefficient (Wildman–Crippen LogP) is 4.86. The summed E-state index contributed by atoms with van der Waals surface area (Å²) in [5.41, 5.74) is -0.174. The normalized spacial score (nSPS) is 13.8. The summed E-state index contributed by atoms with van der Waals surface area (Å²) in [6.45, 7) is 0.950. The summed E-state index contributed by atoms with van der Waals surface area (Å²) in [5.74, 6) is -2.85. The fourth-order valence-corrected chi connectivity index (χ4v) is 3.80. The monoisotopic (exact) mass is 496 g/mol. The maximum Gasteiger partial charge on any atom is 0.416 e. The Kier molecular flexibility index (Phi) is 6.61. The van der Waals surface area contributed by atoms with Gasteiger partial charge < -0.3 is 10.1 Å². The number of hydrogen-bond acceptors (Lipinski definition) is 5. The number of rotatable bonds is 6. The van der Waals surface area contributed by atoms with E-state index in [1.165, 1.54) is 24.3 Å². The smallest absolute Gasteiger partial charge is 0.416 e. The molecule has 0 unspecified atom stereocenters. The number of imide groups is 1. The Bertz CT molecular complexity index is 1360. The van der Waals surface area contributed by atoms with Crippen LogP contribution in [0.1, 0.15) is 55.2 Å². The molecule has 1 atom stereocenters. The van der Waals surface area contributed by atoms with Crippen LogP contribution in [0.15, 0.2) is 72.8 Å². The Morgan fingerprint density at radius 1 is 0.917 bits per heavy atom. The number of nitrogens with one attached hydrogen (secondary N) is 1. The highest BCUT2D eigenvalue weighted by Crippen LogP contribution is 2.32. The molecule has 3 amide bonds. The molecule has 0 saturated heterocycles. The quantitative estimate of drug-likeness (QED) is 0.389. The Labute approximate surface area is 203 Å². The lowest BCUT2D eigenvalue weighted by Gasteiger charge is -2.22. The second kappa shape index (κ2) is 9.65. The number of fused-ring (bicyclic) bond motifs is 1. The van der Waals surface area contributed by atoms with E-state index in [1.54, 1.807) is 31.2 Å². The van der Waals surface area contributed by atoms with Crippen LogP contribution in [0.2, 0.25) is 0 Å². The van der Waals surface area contributed by atoms with Gasteiger partial charge in [-0.1, -0.05) is 36.4 Å². The van der Waals surface area contributed by atoms with Crippen molar-refractivity contribution >= 4 is 29.4 Å². The molecule has 1 aliphatic rings. The van der Waals surface area contributed by atoms with Gasteiger partial charge in [-0.3, -0.25) is 19.3 Å². The SMILES string of the molecule is C[C@H](c1ccccc1)N1C(=O)c2ccc(C(=O)OCC(=O)Nc3cccc(C(F)(F)F)c3)cc2C1=O. The van der Waals surface area contributed by atoms with Crippen molar-refractivity contribution in [1.29, 1.82) is 0 Å². The first-order valence-electron chi connectivity index (χ1n) is 10.8. The van der Waals surface area contributed by atoms with E-state index in [1.807, 2.05) is 6.07 Å². The molecule has 0 radical (unpaired) electrons. The summed E-state index contributed by atoms with van der Waals surface area (Å²) in [4.78, 5) is 51.4. The Morgan fingerprint density at radius 3 is 2.31 bits per heavy atom. The van der Waals surface area contributed by atoms with Crippen molar-refractivity contribution in [3.63, 3.8) is 0 Å². The third-order valence-corrected chi connectivity index (χ3v) is 5.63. The average Bonchev–Trinajstić information content (AvgIpc) is 3.11. The van der Waals surface area contributed by atoms with Crippen LogP contribution in [0, 0.1) is 0 Å². The number of esters is 1. The zero-order chi connectivity index (χ0) is 26.0. The molecule has 0 aromatic heterocycles. The van der Waals surface area contributed by atoms with Gasteiger partial charge in [0.25, 0.3) is 17.7 Å². The molecule has 1 heterocycles. The second-order valence-corrected chi connectivity index (χ2v) is 8.03. The van der Waals surface area contributed by atoms with Crippen LogP contribution >= 0.6 is 0 Å². The van der Waals surface area contributed by atoms with E-state index in [2.05, 4.69) is 5.32 Å². The number of anilines is 1. The minimum absolute atomic E-state index is 0.0330. The maximum absolute atomic E-state index is 13.0. The molecule has 0 aliphatic carbocycles. The number of hydrogen-bond donors (Lipinski definition) is 1. The molecule has 0 bridgehead atoms. The standard InChI is InChI=1S/C26H19F3N2O5/c1-15(16-6-3-2-4-7-16)31-23(33)20-11-10-17(12-21(20)24(31)34)25(35)36-14-22(32)30-19-9-5-8-18(13-19)26(27,28)29/h2-13,15H,14H2,1H3,(H,30,32)/t15-/m1/s1. The molecule has 0 spiro atoms. The van der Waals surface area contributed by atoms with Gasteiger partial charge in [-0.05, 0) is 48.9 Å². The molecule has 3 aromatic rings. The molecular formula is C26H19F3N2O5. The molecule has 36 heavy (non-hydrogen) atoms. The number of carbonyl (C=O) groups is 4. The van der Waals surface area contributed by atoms with Crippen molar-refractivity contribution in [1.82, 2.24) is 4.90 Å². The van der Waals surface area contributed by atoms with E-state index in [4.69, 9.17) is 4.74 Å². The van der Waals surface area contributed by atoms with Gasteiger partial charge in [0.2, 0.25) is 0 Å². The maximum atomic E-state index is 13.0. The number of halogens is 3. The third-order valence-electron chi connectivity index (χ3n) is 5.63. The number of amides is 3. The molecule has 3 aromatic carbocycles. The number of alkyl halides is 3. The van der Waals surface area contributed by atoms with Gasteiger partial charge in [0.05, 0.1) is 28.3 Å². The Balaban J connectivity index is 1.42. The van der Waals surface area contributed by atoms with Gasteiger partial charge >= 0.3 is 12.1 Å². The molecular weight excluding hydrogens is 477 g/mol. The minimum atomic E-state index is -4.58. The first-order valence-corrected chi connectivity index (χ1v) is 10.8. The summed E-state index contributed by atoms with van der Waals surface area (Å²) < 4.78 is 43.4. The van der Waals surface area contributed by atoms with Crippen LogP contribution in [-0.2, 0) is 15.7 Å². The van der Waals surface area contributed by atoms with Crippen LogP contribution < -0.4 is 5.32 Å². The number of ether oxygens (including phenoxy) is 1. The van der Waals surface area contributed by atoms with Gasteiger partial charge in [-0.2, -0.15) is 13.2 Å². The van der Waals surface area contributed by atoms with Crippen LogP contribution in [-0.4, -0.2) is 35.2 Å². The van der Waals surface area contributed by atoms with Crippen LogP contribution in [0.4, 0.5) is 18.9 Å². The van der Waals surface area contributed by atoms with Crippen molar-refractivity contribution < 1.29 is 37.1 Å². The number of nitrogens with zero attached hydrogens (tertiary/aromatic N) is 1. The lowest BCUT2D eigenvalue weighted by atomic mass is 10.1. The molecule has 0 fully saturated rings. The van der Waals surface area contributed by atoms with E-state index in [0.29, 0.717) is 0 Å². The Hall–Kier alpha value is -4.47. The summed E-state index contributed by atoms with van der Waals surface area (Å²) >= 11 is 0. The first-order chi connectivity index (χ1) is 17.1. The van der Waals surface area contributed by atoms with Gasteiger partial charge in [0, 0.05) is 5.69 Å². The highest BCUT2D eigenvalue weighted by Gasteiger charge is 2.39. The van der Waals surface area contributed by atoms with Crippen LogP contribution in [0.5, 0.6) is 0 Å². The molecule has 1 N–H and O–H groups in total. The van der Waals surface area contributed by atoms with Crippen molar-refractivity contribution in [3.8, 4) is 0 Å². The third kappa shape index (κ3) is 4.97. The average molecular weight is 496 g/mol. The number of carbonyl (C=O) groups excluding carboxylic acids is 4. The number of benzene rings is 3. The molecule has 1 aliphatic heterocycles. The predicted molar refractivity (Wildman–Crippen MR) is 122 cm³/mol. The van der Waals surface area contributed by atoms with Gasteiger partial charge in [-0.15, -0.1) is 0 Å². The van der Waals surface area contributed by atoms with Gasteiger partial charge in [0.1, 0.15) is 0 Å². The Morgan fingerprint density at radius 2 is 1.61 bits per heavy atom. The zero-order valence-corrected chi connectivity index (χ0v) is 18.8. The van der Waals surface area contributed by atoms with E-state index in [-0.39, 0.29) is 22.4 Å². The molecule has 10 heteroatoms. The van der Waals surface area contributed by atoms with Gasteiger partial charge in [-0.25, -0.2) is 4.79 Å². The van der Waals surface area contributed by atoms with Crippen molar-refractivity contribution in [3.05, 3.63) is 101 Å². The van der Waals surface area contributed by atoms with Crippen LogP contribution in [0.25, 0.3) is 0 Å². The fourth-order valence-electron chi connectivity index (χ4n) is 3.80. The minimum Gasteiger partial charge on any atom is -0.452 e. The molecule has 4 rings (SSSR count). The lowest BCUT2D eigenvalue weighted by Crippen LogP contribution is -2.32. The largest absolute Gasteiger partial charge is 0.452 e. The van der Waals surface area contributed by atoms with E-state index < -0.39 is 48.1 Å². The highest BCUT2D eigenvalue weighted by atomic mass is 19.4. The van der Waals surface area contributed by atoms with Gasteiger partial charge in [0.15, 0.2) is 6.61 Å². The highest BCUT2D eigenvalue weighted by molar-refractivity contribution is 6.22. The molecule has 7 nitrogen and oxygen atoms in total. The topological polar surface area (TPSA) is 92.8 Å². The molecule has 184 valence electrons. The summed E-state index contributed by atoms with van der Waals surface area (Å²) in [7, 11) is 0. The summed E-state index contributed by atoms with van der Waals surface area (Å²) in [5, 5.41) is 2.23. The van der Waals surface area contributed by atoms with E-state index in [9.17, 15) is 32.3 Å². The summed E-state index contributed by atoms with van der Waals surface area (Å²) in [6, 6.07) is 16.3. The van der Waals surface area contributed by atoms with E-state index in [0.717, 1.165) is 28.7 Å². The zero-order valence-electron chi connectivity index (χ0n) is 18.8. The van der Waals surface area contributed by atoms with E-state index >= 15 is 0 Å². The first kappa shape index (κ1) is 24.6. The lowest BCUT2D eigenvalue weighted by molar-refractivity contribution is -0.137. The fraction of sp³-hybridized carbons (Fsp3) is 0.154. The summed E-state index contributed by atoms with van der Waals surface area (Å²) in [6.07, 6.45) is -4.58. The molecule has 0 saturated carbocycles. The second-order valence-electron chi connectivity index (χ2n) is 8.03. The van der Waals surface area contributed by atoms with Crippen molar-refractivity contribution in [2.24, 2.45) is 0 Å². The van der Waals surface area contributed by atoms with Crippen molar-refractivity contribution in [2.75, 3.05) is 11.9 Å².